The van der Waals surface area contributed by atoms with Crippen LogP contribution in [0.5, 0.6) is 0 Å². The summed E-state index contributed by atoms with van der Waals surface area (Å²) in [4.78, 5) is 18.8. The first kappa shape index (κ1) is 16.0. The summed E-state index contributed by atoms with van der Waals surface area (Å²) >= 11 is 6.00. The van der Waals surface area contributed by atoms with Gasteiger partial charge in [0, 0.05) is 24.7 Å². The predicted molar refractivity (Wildman–Crippen MR) is 86.0 cm³/mol. The van der Waals surface area contributed by atoms with E-state index in [0.29, 0.717) is 16.5 Å². The van der Waals surface area contributed by atoms with E-state index in [4.69, 9.17) is 11.6 Å². The van der Waals surface area contributed by atoms with Crippen LogP contribution in [0, 0.1) is 0 Å². The highest BCUT2D eigenvalue weighted by atomic mass is 35.5. The molecule has 5 nitrogen and oxygen atoms in total. The van der Waals surface area contributed by atoms with Gasteiger partial charge in [0.2, 0.25) is 0 Å². The Morgan fingerprint density at radius 2 is 2.33 bits per heavy atom. The van der Waals surface area contributed by atoms with Gasteiger partial charge in [-0.1, -0.05) is 18.5 Å². The molecule has 1 aliphatic heterocycles. The number of halogens is 1. The van der Waals surface area contributed by atoms with Crippen LogP contribution in [0.15, 0.2) is 12.1 Å². The van der Waals surface area contributed by atoms with E-state index in [-0.39, 0.29) is 11.9 Å². The molecule has 0 spiro atoms. The van der Waals surface area contributed by atoms with Gasteiger partial charge in [-0.05, 0) is 45.0 Å². The number of anilines is 1. The van der Waals surface area contributed by atoms with Crippen LogP contribution in [-0.2, 0) is 0 Å². The fourth-order valence-corrected chi connectivity index (χ4v) is 2.73. The van der Waals surface area contributed by atoms with Crippen molar-refractivity contribution in [3.8, 4) is 0 Å². The van der Waals surface area contributed by atoms with Gasteiger partial charge < -0.3 is 15.5 Å². The highest BCUT2D eigenvalue weighted by molar-refractivity contribution is 6.29. The molecule has 1 atom stereocenters. The van der Waals surface area contributed by atoms with Gasteiger partial charge in [-0.25, -0.2) is 4.98 Å². The number of nitrogens with one attached hydrogen (secondary N) is 2. The molecule has 2 rings (SSSR count). The number of rotatable bonds is 5. The number of carbonyl (C=O) groups excluding carboxylic acids is 1. The minimum atomic E-state index is -0.0841. The standard InChI is InChI=1S/C15H23ClN4O/c1-3-6-17-14-9-11(8-13(16)19-14)15(21)18-12-5-4-7-20(2)10-12/h8-9,12H,3-7,10H2,1-2H3,(H,17,19)(H,18,21). The molecule has 1 saturated heterocycles. The molecule has 0 radical (unpaired) electrons. The second-order valence-corrected chi connectivity index (χ2v) is 5.95. The van der Waals surface area contributed by atoms with Crippen LogP contribution in [0.3, 0.4) is 0 Å². The Balaban J connectivity index is 2.02. The van der Waals surface area contributed by atoms with E-state index in [1.807, 2.05) is 0 Å². The number of hydrogen-bond acceptors (Lipinski definition) is 4. The zero-order valence-electron chi connectivity index (χ0n) is 12.7. The van der Waals surface area contributed by atoms with Crippen LogP contribution in [0.25, 0.3) is 0 Å². The first-order valence-corrected chi connectivity index (χ1v) is 7.87. The molecule has 21 heavy (non-hydrogen) atoms. The highest BCUT2D eigenvalue weighted by Crippen LogP contribution is 2.16. The maximum atomic E-state index is 12.4. The minimum absolute atomic E-state index is 0.0841. The average molecular weight is 311 g/mol. The lowest BCUT2D eigenvalue weighted by Gasteiger charge is -2.30. The van der Waals surface area contributed by atoms with E-state index in [0.717, 1.165) is 38.9 Å². The van der Waals surface area contributed by atoms with Crippen molar-refractivity contribution in [1.29, 1.82) is 0 Å². The Labute approximate surface area is 131 Å². The number of aromatic nitrogens is 1. The lowest BCUT2D eigenvalue weighted by atomic mass is 10.1. The topological polar surface area (TPSA) is 57.3 Å². The SMILES string of the molecule is CCCNc1cc(C(=O)NC2CCCN(C)C2)cc(Cl)n1. The molecule has 116 valence electrons. The summed E-state index contributed by atoms with van der Waals surface area (Å²) in [5.74, 6) is 0.564. The van der Waals surface area contributed by atoms with E-state index in [9.17, 15) is 4.79 Å². The van der Waals surface area contributed by atoms with Gasteiger partial charge in [0.1, 0.15) is 11.0 Å². The van der Waals surface area contributed by atoms with Crippen LogP contribution >= 0.6 is 11.6 Å². The monoisotopic (exact) mass is 310 g/mol. The first-order valence-electron chi connectivity index (χ1n) is 7.49. The Bertz CT molecular complexity index is 495. The zero-order valence-corrected chi connectivity index (χ0v) is 13.4. The van der Waals surface area contributed by atoms with Gasteiger partial charge in [0.05, 0.1) is 0 Å². The molecule has 1 amide bonds. The summed E-state index contributed by atoms with van der Waals surface area (Å²) in [6.07, 6.45) is 3.13. The molecule has 0 bridgehead atoms. The normalized spacial score (nSPS) is 19.3. The van der Waals surface area contributed by atoms with Crippen molar-refractivity contribution in [1.82, 2.24) is 15.2 Å². The highest BCUT2D eigenvalue weighted by Gasteiger charge is 2.20. The first-order chi connectivity index (χ1) is 10.1. The molecule has 1 unspecified atom stereocenters. The largest absolute Gasteiger partial charge is 0.370 e. The van der Waals surface area contributed by atoms with E-state index in [1.165, 1.54) is 0 Å². The number of piperidine rings is 1. The molecule has 1 aromatic heterocycles. The molecule has 1 aromatic rings. The van der Waals surface area contributed by atoms with E-state index < -0.39 is 0 Å². The smallest absolute Gasteiger partial charge is 0.251 e. The van der Waals surface area contributed by atoms with Crippen molar-refractivity contribution in [2.45, 2.75) is 32.2 Å². The Hall–Kier alpha value is -1.33. The van der Waals surface area contributed by atoms with Gasteiger partial charge >= 0.3 is 0 Å². The maximum Gasteiger partial charge on any atom is 0.251 e. The Morgan fingerprint density at radius 3 is 3.05 bits per heavy atom. The van der Waals surface area contributed by atoms with E-state index >= 15 is 0 Å². The van der Waals surface area contributed by atoms with Crippen molar-refractivity contribution >= 4 is 23.3 Å². The quantitative estimate of drug-likeness (QED) is 0.820. The second kappa shape index (κ2) is 7.61. The number of amides is 1. The average Bonchev–Trinajstić information content (AvgIpc) is 2.44. The molecule has 1 aliphatic rings. The number of nitrogens with zero attached hydrogens (tertiary/aromatic N) is 2. The van der Waals surface area contributed by atoms with Gasteiger partial charge in [-0.3, -0.25) is 4.79 Å². The molecular formula is C15H23ClN4O. The van der Waals surface area contributed by atoms with Crippen molar-refractivity contribution in [3.05, 3.63) is 22.8 Å². The zero-order chi connectivity index (χ0) is 15.2. The molecule has 2 heterocycles. The second-order valence-electron chi connectivity index (χ2n) is 5.57. The molecule has 0 saturated carbocycles. The van der Waals surface area contributed by atoms with E-state index in [1.54, 1.807) is 12.1 Å². The maximum absolute atomic E-state index is 12.4. The third-order valence-corrected chi connectivity index (χ3v) is 3.77. The van der Waals surface area contributed by atoms with Crippen molar-refractivity contribution < 1.29 is 4.79 Å². The van der Waals surface area contributed by atoms with Gasteiger partial charge in [-0.15, -0.1) is 0 Å². The van der Waals surface area contributed by atoms with Crippen LogP contribution < -0.4 is 10.6 Å². The summed E-state index contributed by atoms with van der Waals surface area (Å²) in [7, 11) is 2.08. The predicted octanol–water partition coefficient (Wildman–Crippen LogP) is 2.38. The molecule has 0 aliphatic carbocycles. The summed E-state index contributed by atoms with van der Waals surface area (Å²) < 4.78 is 0. The molecule has 1 fully saturated rings. The fraction of sp³-hybridized carbons (Fsp3) is 0.600. The molecule has 2 N–H and O–H groups in total. The van der Waals surface area contributed by atoms with Crippen LogP contribution in [0.4, 0.5) is 5.82 Å². The van der Waals surface area contributed by atoms with Crippen molar-refractivity contribution in [2.24, 2.45) is 0 Å². The summed E-state index contributed by atoms with van der Waals surface area (Å²) in [5.41, 5.74) is 0.557. The summed E-state index contributed by atoms with van der Waals surface area (Å²) in [6, 6.07) is 3.57. The summed E-state index contributed by atoms with van der Waals surface area (Å²) in [5, 5.41) is 6.57. The number of likely N-dealkylation sites (tertiary alicyclic amines) is 1. The van der Waals surface area contributed by atoms with Gasteiger partial charge in [0.15, 0.2) is 0 Å². The van der Waals surface area contributed by atoms with Gasteiger partial charge in [0.25, 0.3) is 5.91 Å². The number of likely N-dealkylation sites (N-methyl/N-ethyl adjacent to an activating group) is 1. The molecular weight excluding hydrogens is 288 g/mol. The summed E-state index contributed by atoms with van der Waals surface area (Å²) in [6.45, 7) is 4.87. The van der Waals surface area contributed by atoms with E-state index in [2.05, 4.69) is 34.5 Å². The van der Waals surface area contributed by atoms with Crippen LogP contribution in [-0.4, -0.2) is 48.5 Å². The lowest BCUT2D eigenvalue weighted by molar-refractivity contribution is 0.0912. The minimum Gasteiger partial charge on any atom is -0.370 e. The third-order valence-electron chi connectivity index (χ3n) is 3.57. The Kier molecular flexibility index (Phi) is 5.82. The third kappa shape index (κ3) is 4.86. The van der Waals surface area contributed by atoms with Crippen LogP contribution in [0.1, 0.15) is 36.5 Å². The molecule has 6 heteroatoms. The van der Waals surface area contributed by atoms with Crippen LogP contribution in [0.2, 0.25) is 5.15 Å². The lowest BCUT2D eigenvalue weighted by Crippen LogP contribution is -2.46. The Morgan fingerprint density at radius 1 is 1.52 bits per heavy atom. The number of hydrogen-bond donors (Lipinski definition) is 2. The molecule has 0 aromatic carbocycles. The van der Waals surface area contributed by atoms with Crippen molar-refractivity contribution in [2.75, 3.05) is 32.0 Å². The van der Waals surface area contributed by atoms with Crippen molar-refractivity contribution in [3.63, 3.8) is 0 Å². The number of pyridine rings is 1. The van der Waals surface area contributed by atoms with Gasteiger partial charge in [-0.2, -0.15) is 0 Å². The number of carbonyl (C=O) groups is 1. The fourth-order valence-electron chi connectivity index (χ4n) is 2.52.